The largest absolute Gasteiger partial charge is 0.331 e. The molecule has 1 aromatic rings. The molecule has 0 saturated carbocycles. The molecule has 2 rings (SSSR count). The summed E-state index contributed by atoms with van der Waals surface area (Å²) in [7, 11) is 0. The molecule has 1 aliphatic rings. The van der Waals surface area contributed by atoms with Crippen LogP contribution in [0.3, 0.4) is 0 Å². The monoisotopic (exact) mass is 222 g/mol. The predicted molar refractivity (Wildman–Crippen MR) is 65.4 cm³/mol. The minimum Gasteiger partial charge on any atom is -0.331 e. The Labute approximate surface area is 97.7 Å². The highest BCUT2D eigenvalue weighted by molar-refractivity contribution is 4.95. The van der Waals surface area contributed by atoms with Crippen molar-refractivity contribution in [1.29, 1.82) is 0 Å². The molecule has 16 heavy (non-hydrogen) atoms. The zero-order valence-corrected chi connectivity index (χ0v) is 10.5. The van der Waals surface area contributed by atoms with Crippen molar-refractivity contribution < 1.29 is 0 Å². The molecule has 4 nitrogen and oxygen atoms in total. The normalized spacial score (nSPS) is 22.9. The summed E-state index contributed by atoms with van der Waals surface area (Å²) in [6.07, 6.45) is 3.98. The van der Waals surface area contributed by atoms with Gasteiger partial charge in [0.05, 0.1) is 6.54 Å². The van der Waals surface area contributed by atoms with Gasteiger partial charge < -0.3 is 9.88 Å². The second kappa shape index (κ2) is 4.97. The molecular weight excluding hydrogens is 200 g/mol. The van der Waals surface area contributed by atoms with Crippen molar-refractivity contribution >= 4 is 0 Å². The Morgan fingerprint density at radius 1 is 1.56 bits per heavy atom. The van der Waals surface area contributed by atoms with Gasteiger partial charge in [-0.15, -0.1) is 0 Å². The fraction of sp³-hybridized carbons (Fsp3) is 0.750. The molecule has 1 saturated heterocycles. The van der Waals surface area contributed by atoms with Crippen LogP contribution < -0.4 is 5.32 Å². The van der Waals surface area contributed by atoms with E-state index in [2.05, 4.69) is 46.7 Å². The van der Waals surface area contributed by atoms with E-state index >= 15 is 0 Å². The van der Waals surface area contributed by atoms with Crippen molar-refractivity contribution in [3.8, 4) is 0 Å². The maximum absolute atomic E-state index is 4.47. The minimum absolute atomic E-state index is 0.496. The fourth-order valence-electron chi connectivity index (χ4n) is 2.24. The van der Waals surface area contributed by atoms with Gasteiger partial charge >= 0.3 is 0 Å². The number of nitrogens with one attached hydrogen (secondary N) is 1. The molecule has 0 unspecified atom stereocenters. The molecular formula is C12H22N4. The predicted octanol–water partition coefficient (Wildman–Crippen LogP) is 1.26. The molecule has 1 N–H and O–H groups in total. The lowest BCUT2D eigenvalue weighted by molar-refractivity contribution is 0.159. The third kappa shape index (κ3) is 2.44. The van der Waals surface area contributed by atoms with Crippen LogP contribution in [0.5, 0.6) is 0 Å². The Hall–Kier alpha value is -0.870. The third-order valence-corrected chi connectivity index (χ3v) is 3.29. The molecule has 4 heteroatoms. The summed E-state index contributed by atoms with van der Waals surface area (Å²) < 4.78 is 2.26. The quantitative estimate of drug-likeness (QED) is 0.836. The van der Waals surface area contributed by atoms with Crippen LogP contribution in [0.15, 0.2) is 12.4 Å². The first-order chi connectivity index (χ1) is 7.68. The fourth-order valence-corrected chi connectivity index (χ4v) is 2.24. The van der Waals surface area contributed by atoms with Gasteiger partial charge in [-0.2, -0.15) is 0 Å². The second-order valence-corrected chi connectivity index (χ2v) is 4.87. The Bertz CT molecular complexity index is 332. The highest BCUT2D eigenvalue weighted by atomic mass is 15.2. The van der Waals surface area contributed by atoms with Crippen LogP contribution >= 0.6 is 0 Å². The molecule has 1 aliphatic heterocycles. The zero-order valence-electron chi connectivity index (χ0n) is 10.5. The van der Waals surface area contributed by atoms with E-state index in [4.69, 9.17) is 0 Å². The SMILES string of the molecule is CC(C)n1ccnc1CN1CCNC[C@@H]1C. The number of hydrogen-bond donors (Lipinski definition) is 1. The first-order valence-corrected chi connectivity index (χ1v) is 6.15. The molecule has 0 radical (unpaired) electrons. The van der Waals surface area contributed by atoms with Crippen molar-refractivity contribution in [3.63, 3.8) is 0 Å². The van der Waals surface area contributed by atoms with E-state index in [0.29, 0.717) is 12.1 Å². The summed E-state index contributed by atoms with van der Waals surface area (Å²) >= 11 is 0. The molecule has 0 aliphatic carbocycles. The van der Waals surface area contributed by atoms with Crippen LogP contribution in [0.2, 0.25) is 0 Å². The van der Waals surface area contributed by atoms with E-state index < -0.39 is 0 Å². The maximum atomic E-state index is 4.47. The molecule has 0 aromatic carbocycles. The Morgan fingerprint density at radius 2 is 2.38 bits per heavy atom. The lowest BCUT2D eigenvalue weighted by Gasteiger charge is -2.33. The van der Waals surface area contributed by atoms with Gasteiger partial charge in [0.15, 0.2) is 0 Å². The molecule has 1 atom stereocenters. The molecule has 1 aromatic heterocycles. The number of imidazole rings is 1. The van der Waals surface area contributed by atoms with E-state index in [-0.39, 0.29) is 0 Å². The van der Waals surface area contributed by atoms with Gasteiger partial charge in [-0.3, -0.25) is 4.90 Å². The molecule has 1 fully saturated rings. The minimum atomic E-state index is 0.496. The standard InChI is InChI=1S/C12H22N4/c1-10(2)16-7-5-14-12(16)9-15-6-4-13-8-11(15)3/h5,7,10-11,13H,4,6,8-9H2,1-3H3/t11-/m0/s1. The lowest BCUT2D eigenvalue weighted by atomic mass is 10.2. The van der Waals surface area contributed by atoms with Gasteiger partial charge in [-0.1, -0.05) is 0 Å². The van der Waals surface area contributed by atoms with Gasteiger partial charge in [0.25, 0.3) is 0 Å². The van der Waals surface area contributed by atoms with Crippen LogP contribution in [0.1, 0.15) is 32.6 Å². The average molecular weight is 222 g/mol. The van der Waals surface area contributed by atoms with E-state index in [1.54, 1.807) is 0 Å². The van der Waals surface area contributed by atoms with Crippen LogP contribution in [0, 0.1) is 0 Å². The first-order valence-electron chi connectivity index (χ1n) is 6.15. The number of nitrogens with zero attached hydrogens (tertiary/aromatic N) is 3. The van der Waals surface area contributed by atoms with Crippen LogP contribution in [-0.2, 0) is 6.54 Å². The van der Waals surface area contributed by atoms with Gasteiger partial charge in [0, 0.05) is 44.1 Å². The van der Waals surface area contributed by atoms with Crippen molar-refractivity contribution in [2.24, 2.45) is 0 Å². The first kappa shape index (κ1) is 11.6. The Morgan fingerprint density at radius 3 is 3.06 bits per heavy atom. The molecule has 0 spiro atoms. The van der Waals surface area contributed by atoms with Crippen LogP contribution in [0.4, 0.5) is 0 Å². The van der Waals surface area contributed by atoms with Crippen LogP contribution in [0.25, 0.3) is 0 Å². The van der Waals surface area contributed by atoms with Crippen molar-refractivity contribution in [3.05, 3.63) is 18.2 Å². The molecule has 0 bridgehead atoms. The van der Waals surface area contributed by atoms with E-state index in [9.17, 15) is 0 Å². The number of rotatable bonds is 3. The zero-order chi connectivity index (χ0) is 11.5. The van der Waals surface area contributed by atoms with Crippen molar-refractivity contribution in [2.75, 3.05) is 19.6 Å². The van der Waals surface area contributed by atoms with E-state index in [1.165, 1.54) is 5.82 Å². The summed E-state index contributed by atoms with van der Waals surface area (Å²) in [6.45, 7) is 10.9. The van der Waals surface area contributed by atoms with Gasteiger partial charge in [0.1, 0.15) is 5.82 Å². The van der Waals surface area contributed by atoms with Crippen molar-refractivity contribution in [1.82, 2.24) is 19.8 Å². The van der Waals surface area contributed by atoms with Gasteiger partial charge in [-0.25, -0.2) is 4.98 Å². The average Bonchev–Trinajstić information content (AvgIpc) is 2.69. The summed E-state index contributed by atoms with van der Waals surface area (Å²) in [5.41, 5.74) is 0. The summed E-state index contributed by atoms with van der Waals surface area (Å²) in [6, 6.07) is 1.10. The topological polar surface area (TPSA) is 33.1 Å². The summed E-state index contributed by atoms with van der Waals surface area (Å²) in [5, 5.41) is 3.41. The smallest absolute Gasteiger partial charge is 0.123 e. The third-order valence-electron chi connectivity index (χ3n) is 3.29. The second-order valence-electron chi connectivity index (χ2n) is 4.87. The van der Waals surface area contributed by atoms with Crippen LogP contribution in [-0.4, -0.2) is 40.1 Å². The van der Waals surface area contributed by atoms with E-state index in [0.717, 1.165) is 26.2 Å². The Balaban J connectivity index is 2.04. The molecule has 0 amide bonds. The van der Waals surface area contributed by atoms with Gasteiger partial charge in [0.2, 0.25) is 0 Å². The Kier molecular flexibility index (Phi) is 3.61. The molecule has 90 valence electrons. The number of aromatic nitrogens is 2. The summed E-state index contributed by atoms with van der Waals surface area (Å²) in [4.78, 5) is 6.96. The highest BCUT2D eigenvalue weighted by Crippen LogP contribution is 2.12. The summed E-state index contributed by atoms with van der Waals surface area (Å²) in [5.74, 6) is 1.18. The number of piperazine rings is 1. The van der Waals surface area contributed by atoms with E-state index in [1.807, 2.05) is 6.20 Å². The highest BCUT2D eigenvalue weighted by Gasteiger charge is 2.19. The molecule has 2 heterocycles. The van der Waals surface area contributed by atoms with Gasteiger partial charge in [-0.05, 0) is 20.8 Å². The van der Waals surface area contributed by atoms with Crippen molar-refractivity contribution in [2.45, 2.75) is 39.4 Å². The maximum Gasteiger partial charge on any atom is 0.123 e. The number of hydrogen-bond acceptors (Lipinski definition) is 3. The lowest BCUT2D eigenvalue weighted by Crippen LogP contribution is -2.49.